The lowest BCUT2D eigenvalue weighted by atomic mass is 10.2. The molecule has 8 heteroatoms. The highest BCUT2D eigenvalue weighted by molar-refractivity contribution is 6.42. The van der Waals surface area contributed by atoms with Crippen LogP contribution in [0.3, 0.4) is 0 Å². The Labute approximate surface area is 162 Å². The molecule has 0 radical (unpaired) electrons. The number of amides is 1. The fourth-order valence-electron chi connectivity index (χ4n) is 2.26. The van der Waals surface area contributed by atoms with Crippen LogP contribution in [0, 0.1) is 0 Å². The van der Waals surface area contributed by atoms with Crippen molar-refractivity contribution in [2.24, 2.45) is 5.73 Å². The second-order valence-corrected chi connectivity index (χ2v) is 6.25. The number of halogens is 2. The minimum absolute atomic E-state index is 0.156. The molecule has 0 spiro atoms. The highest BCUT2D eigenvalue weighted by Crippen LogP contribution is 2.23. The molecule has 0 saturated heterocycles. The van der Waals surface area contributed by atoms with Crippen LogP contribution in [0.2, 0.25) is 10.0 Å². The number of fused-ring (bicyclic) bond motifs is 1. The van der Waals surface area contributed by atoms with Crippen LogP contribution >= 0.6 is 23.2 Å². The number of primary amides is 1. The predicted molar refractivity (Wildman–Crippen MR) is 102 cm³/mol. The summed E-state index contributed by atoms with van der Waals surface area (Å²) >= 11 is 11.7. The van der Waals surface area contributed by atoms with Gasteiger partial charge in [0.15, 0.2) is 0 Å². The number of esters is 1. The van der Waals surface area contributed by atoms with Gasteiger partial charge in [-0.3, -0.25) is 4.79 Å². The summed E-state index contributed by atoms with van der Waals surface area (Å²) in [5.74, 6) is -1.36. The molecular formula is C19H11Cl2NO5. The molecule has 0 saturated carbocycles. The van der Waals surface area contributed by atoms with E-state index < -0.39 is 17.5 Å². The zero-order valence-corrected chi connectivity index (χ0v) is 15.1. The third-order valence-corrected chi connectivity index (χ3v) is 4.29. The Hall–Kier alpha value is -3.09. The van der Waals surface area contributed by atoms with Gasteiger partial charge in [0.05, 0.1) is 10.0 Å². The minimum Gasteiger partial charge on any atom is -0.423 e. The average Bonchev–Trinajstić information content (AvgIpc) is 2.62. The second kappa shape index (κ2) is 7.65. The number of ether oxygens (including phenoxy) is 1. The van der Waals surface area contributed by atoms with Gasteiger partial charge in [-0.25, -0.2) is 9.59 Å². The molecule has 0 bridgehead atoms. The molecule has 6 nitrogen and oxygen atoms in total. The van der Waals surface area contributed by atoms with Gasteiger partial charge >= 0.3 is 11.6 Å². The summed E-state index contributed by atoms with van der Waals surface area (Å²) in [6.07, 6.45) is 2.74. The molecular weight excluding hydrogens is 393 g/mol. The van der Waals surface area contributed by atoms with Gasteiger partial charge in [-0.05, 0) is 42.0 Å². The summed E-state index contributed by atoms with van der Waals surface area (Å²) in [4.78, 5) is 34.9. The molecule has 2 aromatic carbocycles. The Balaban J connectivity index is 1.79. The van der Waals surface area contributed by atoms with Gasteiger partial charge < -0.3 is 14.9 Å². The fourth-order valence-corrected chi connectivity index (χ4v) is 2.56. The van der Waals surface area contributed by atoms with Gasteiger partial charge in [-0.2, -0.15) is 0 Å². The van der Waals surface area contributed by atoms with Crippen LogP contribution in [-0.2, 0) is 4.79 Å². The molecule has 0 aliphatic carbocycles. The maximum Gasteiger partial charge on any atom is 0.349 e. The standard InChI is InChI=1S/C19H11Cl2NO5/c20-14-5-1-10(7-15(14)21)2-6-17(23)26-12-4-3-11-8-13(18(22)24)19(25)27-16(11)9-12/h1-9H,(H2,22,24). The van der Waals surface area contributed by atoms with Gasteiger partial charge in [0.2, 0.25) is 0 Å². The van der Waals surface area contributed by atoms with Crippen molar-refractivity contribution in [3.8, 4) is 5.75 Å². The Bertz CT molecular complexity index is 1150. The molecule has 3 aromatic rings. The minimum atomic E-state index is -0.881. The summed E-state index contributed by atoms with van der Waals surface area (Å²) in [5, 5.41) is 1.25. The zero-order valence-electron chi connectivity index (χ0n) is 13.6. The highest BCUT2D eigenvalue weighted by atomic mass is 35.5. The molecule has 136 valence electrons. The van der Waals surface area contributed by atoms with E-state index in [2.05, 4.69) is 0 Å². The van der Waals surface area contributed by atoms with Crippen molar-refractivity contribution in [2.45, 2.75) is 0 Å². The Kier molecular flexibility index (Phi) is 5.30. The monoisotopic (exact) mass is 403 g/mol. The van der Waals surface area contributed by atoms with E-state index in [0.717, 1.165) is 0 Å². The van der Waals surface area contributed by atoms with Gasteiger partial charge in [-0.1, -0.05) is 29.3 Å². The lowest BCUT2D eigenvalue weighted by Crippen LogP contribution is -2.20. The maximum atomic E-state index is 12.0. The summed E-state index contributed by atoms with van der Waals surface area (Å²) in [6.45, 7) is 0. The van der Waals surface area contributed by atoms with E-state index in [-0.39, 0.29) is 16.9 Å². The molecule has 1 heterocycles. The number of benzene rings is 2. The molecule has 3 rings (SSSR count). The van der Waals surface area contributed by atoms with Crippen molar-refractivity contribution < 1.29 is 18.7 Å². The predicted octanol–water partition coefficient (Wildman–Crippen LogP) is 3.82. The van der Waals surface area contributed by atoms with Crippen LogP contribution in [0.1, 0.15) is 15.9 Å². The first-order valence-corrected chi connectivity index (χ1v) is 8.32. The number of hydrogen-bond donors (Lipinski definition) is 1. The lowest BCUT2D eigenvalue weighted by Gasteiger charge is -2.04. The Morgan fingerprint density at radius 1 is 1.04 bits per heavy atom. The Morgan fingerprint density at radius 2 is 1.81 bits per heavy atom. The average molecular weight is 404 g/mol. The lowest BCUT2D eigenvalue weighted by molar-refractivity contribution is -0.128. The first-order chi connectivity index (χ1) is 12.8. The van der Waals surface area contributed by atoms with E-state index in [1.807, 2.05) is 0 Å². The van der Waals surface area contributed by atoms with Crippen LogP contribution in [0.5, 0.6) is 5.75 Å². The third kappa shape index (κ3) is 4.36. The maximum absolute atomic E-state index is 12.0. The van der Waals surface area contributed by atoms with Crippen LogP contribution < -0.4 is 16.1 Å². The molecule has 2 N–H and O–H groups in total. The number of rotatable bonds is 4. The molecule has 0 unspecified atom stereocenters. The summed E-state index contributed by atoms with van der Waals surface area (Å²) in [7, 11) is 0. The van der Waals surface area contributed by atoms with Crippen LogP contribution in [0.4, 0.5) is 0 Å². The number of carbonyl (C=O) groups excluding carboxylic acids is 2. The molecule has 27 heavy (non-hydrogen) atoms. The normalized spacial score (nSPS) is 11.0. The van der Waals surface area contributed by atoms with Gasteiger partial charge in [-0.15, -0.1) is 0 Å². The van der Waals surface area contributed by atoms with Crippen molar-refractivity contribution in [1.82, 2.24) is 0 Å². The van der Waals surface area contributed by atoms with E-state index in [1.54, 1.807) is 18.2 Å². The summed E-state index contributed by atoms with van der Waals surface area (Å²) in [6, 6.07) is 10.6. The topological polar surface area (TPSA) is 99.6 Å². The van der Waals surface area contributed by atoms with Crippen molar-refractivity contribution in [1.29, 1.82) is 0 Å². The Morgan fingerprint density at radius 3 is 2.52 bits per heavy atom. The molecule has 1 aromatic heterocycles. The zero-order chi connectivity index (χ0) is 19.6. The van der Waals surface area contributed by atoms with Crippen molar-refractivity contribution in [2.75, 3.05) is 0 Å². The molecule has 0 aliphatic rings. The van der Waals surface area contributed by atoms with E-state index in [0.29, 0.717) is 21.0 Å². The number of nitrogens with two attached hydrogens (primary N) is 1. The SMILES string of the molecule is NC(=O)c1cc2ccc(OC(=O)C=Cc3ccc(Cl)c(Cl)c3)cc2oc1=O. The van der Waals surface area contributed by atoms with E-state index in [1.165, 1.54) is 36.4 Å². The smallest absolute Gasteiger partial charge is 0.349 e. The molecule has 0 atom stereocenters. The second-order valence-electron chi connectivity index (χ2n) is 5.44. The third-order valence-electron chi connectivity index (χ3n) is 3.55. The quantitative estimate of drug-likeness (QED) is 0.309. The van der Waals surface area contributed by atoms with Gasteiger partial charge in [0.1, 0.15) is 16.9 Å². The molecule has 1 amide bonds. The largest absolute Gasteiger partial charge is 0.423 e. The van der Waals surface area contributed by atoms with Crippen molar-refractivity contribution in [3.63, 3.8) is 0 Å². The summed E-state index contributed by atoms with van der Waals surface area (Å²) in [5.41, 5.74) is 4.82. The molecule has 0 aliphatic heterocycles. The summed E-state index contributed by atoms with van der Waals surface area (Å²) < 4.78 is 10.2. The number of hydrogen-bond acceptors (Lipinski definition) is 5. The number of carbonyl (C=O) groups is 2. The van der Waals surface area contributed by atoms with E-state index in [4.69, 9.17) is 38.1 Å². The first kappa shape index (κ1) is 18.7. The van der Waals surface area contributed by atoms with Crippen molar-refractivity contribution >= 4 is 52.1 Å². The van der Waals surface area contributed by atoms with E-state index in [9.17, 15) is 14.4 Å². The van der Waals surface area contributed by atoms with Crippen LogP contribution in [0.15, 0.2) is 57.8 Å². The van der Waals surface area contributed by atoms with E-state index >= 15 is 0 Å². The fraction of sp³-hybridized carbons (Fsp3) is 0. The van der Waals surface area contributed by atoms with Crippen molar-refractivity contribution in [3.05, 3.63) is 80.1 Å². The van der Waals surface area contributed by atoms with Gasteiger partial charge in [0.25, 0.3) is 5.91 Å². The first-order valence-electron chi connectivity index (χ1n) is 7.56. The highest BCUT2D eigenvalue weighted by Gasteiger charge is 2.11. The van der Waals surface area contributed by atoms with Crippen LogP contribution in [-0.4, -0.2) is 11.9 Å². The van der Waals surface area contributed by atoms with Crippen LogP contribution in [0.25, 0.3) is 17.0 Å². The molecule has 0 fully saturated rings. The van der Waals surface area contributed by atoms with Gasteiger partial charge in [0, 0.05) is 17.5 Å².